The molecule has 1 aromatic heterocycles. The molecule has 0 atom stereocenters. The molecular formula is C11H18N4O. The molecule has 5 nitrogen and oxygen atoms in total. The number of hydrogen-bond acceptors (Lipinski definition) is 4. The van der Waals surface area contributed by atoms with Gasteiger partial charge < -0.3 is 16.0 Å². The van der Waals surface area contributed by atoms with E-state index in [2.05, 4.69) is 10.3 Å². The molecule has 0 aliphatic carbocycles. The Morgan fingerprint density at radius 1 is 1.56 bits per heavy atom. The summed E-state index contributed by atoms with van der Waals surface area (Å²) in [6.45, 7) is 4.18. The highest BCUT2D eigenvalue weighted by atomic mass is 16.2. The van der Waals surface area contributed by atoms with Gasteiger partial charge in [0.25, 0.3) is 0 Å². The summed E-state index contributed by atoms with van der Waals surface area (Å²) < 4.78 is 0. The second-order valence-corrected chi connectivity index (χ2v) is 4.02. The Hall–Kier alpha value is -1.78. The number of carbonyl (C=O) groups is 1. The Labute approximate surface area is 95.7 Å². The maximum absolute atomic E-state index is 11.5. The van der Waals surface area contributed by atoms with Crippen LogP contribution in [-0.4, -0.2) is 30.5 Å². The highest BCUT2D eigenvalue weighted by Gasteiger charge is 2.08. The van der Waals surface area contributed by atoms with Gasteiger partial charge in [-0.1, -0.05) is 0 Å². The van der Waals surface area contributed by atoms with Crippen LogP contribution in [0.1, 0.15) is 13.8 Å². The zero-order valence-electron chi connectivity index (χ0n) is 9.90. The van der Waals surface area contributed by atoms with Crippen molar-refractivity contribution in [3.05, 3.63) is 18.3 Å². The fourth-order valence-corrected chi connectivity index (χ4v) is 1.30. The number of hydrogen-bond donors (Lipinski definition) is 2. The van der Waals surface area contributed by atoms with Crippen molar-refractivity contribution in [3.63, 3.8) is 0 Å². The van der Waals surface area contributed by atoms with Gasteiger partial charge >= 0.3 is 0 Å². The summed E-state index contributed by atoms with van der Waals surface area (Å²) in [5.41, 5.74) is 6.35. The molecule has 0 aliphatic heterocycles. The lowest BCUT2D eigenvalue weighted by molar-refractivity contribution is -0.120. The van der Waals surface area contributed by atoms with E-state index in [1.165, 1.54) is 0 Å². The van der Waals surface area contributed by atoms with E-state index >= 15 is 0 Å². The molecular weight excluding hydrogens is 204 g/mol. The molecule has 1 amide bonds. The molecule has 0 spiro atoms. The lowest BCUT2D eigenvalue weighted by atomic mass is 10.3. The highest BCUT2D eigenvalue weighted by molar-refractivity contribution is 5.81. The summed E-state index contributed by atoms with van der Waals surface area (Å²) in [6, 6.07) is 3.71. The van der Waals surface area contributed by atoms with Gasteiger partial charge in [0.1, 0.15) is 5.82 Å². The fourth-order valence-electron chi connectivity index (χ4n) is 1.30. The van der Waals surface area contributed by atoms with Gasteiger partial charge in [-0.05, 0) is 26.0 Å². The van der Waals surface area contributed by atoms with Crippen molar-refractivity contribution in [1.82, 2.24) is 10.3 Å². The van der Waals surface area contributed by atoms with E-state index in [-0.39, 0.29) is 11.9 Å². The second-order valence-electron chi connectivity index (χ2n) is 4.02. The third-order valence-corrected chi connectivity index (χ3v) is 2.04. The normalized spacial score (nSPS) is 10.2. The minimum atomic E-state index is -0.00525. The second kappa shape index (κ2) is 5.34. The summed E-state index contributed by atoms with van der Waals surface area (Å²) in [6.07, 6.45) is 1.65. The number of nitrogen functional groups attached to an aromatic ring is 1. The van der Waals surface area contributed by atoms with Crippen LogP contribution in [0.15, 0.2) is 18.3 Å². The van der Waals surface area contributed by atoms with Crippen LogP contribution in [0.5, 0.6) is 0 Å². The summed E-state index contributed by atoms with van der Waals surface area (Å²) in [5, 5.41) is 2.83. The standard InChI is InChI=1S/C11H18N4O/c1-8(2)14-11(16)7-15(3)9-4-5-10(12)13-6-9/h4-6,8H,7H2,1-3H3,(H2,12,13)(H,14,16). The first-order valence-electron chi connectivity index (χ1n) is 5.21. The van der Waals surface area contributed by atoms with E-state index in [1.807, 2.05) is 31.9 Å². The van der Waals surface area contributed by atoms with Crippen LogP contribution >= 0.6 is 0 Å². The largest absolute Gasteiger partial charge is 0.384 e. The van der Waals surface area contributed by atoms with Crippen molar-refractivity contribution in [1.29, 1.82) is 0 Å². The number of nitrogens with zero attached hydrogens (tertiary/aromatic N) is 2. The fraction of sp³-hybridized carbons (Fsp3) is 0.455. The molecule has 1 rings (SSSR count). The van der Waals surface area contributed by atoms with Gasteiger partial charge in [-0.25, -0.2) is 4.98 Å². The van der Waals surface area contributed by atoms with Crippen LogP contribution in [0.25, 0.3) is 0 Å². The monoisotopic (exact) mass is 222 g/mol. The average Bonchev–Trinajstić information content (AvgIpc) is 2.16. The highest BCUT2D eigenvalue weighted by Crippen LogP contribution is 2.11. The number of anilines is 2. The van der Waals surface area contributed by atoms with Crippen molar-refractivity contribution in [2.24, 2.45) is 0 Å². The number of rotatable bonds is 4. The molecule has 0 aliphatic rings. The Kier molecular flexibility index (Phi) is 4.10. The average molecular weight is 222 g/mol. The molecule has 0 saturated carbocycles. The van der Waals surface area contributed by atoms with Gasteiger partial charge in [-0.2, -0.15) is 0 Å². The molecule has 1 aromatic rings. The quantitative estimate of drug-likeness (QED) is 0.783. The van der Waals surface area contributed by atoms with Crippen LogP contribution in [0.4, 0.5) is 11.5 Å². The van der Waals surface area contributed by atoms with Crippen LogP contribution in [0.3, 0.4) is 0 Å². The first-order chi connectivity index (χ1) is 7.49. The topological polar surface area (TPSA) is 71.2 Å². The molecule has 3 N–H and O–H groups in total. The van der Waals surface area contributed by atoms with Crippen LogP contribution < -0.4 is 16.0 Å². The number of nitrogens with one attached hydrogen (secondary N) is 1. The molecule has 0 aromatic carbocycles. The molecule has 0 fully saturated rings. The van der Waals surface area contributed by atoms with Crippen LogP contribution in [0, 0.1) is 0 Å². The number of amides is 1. The number of likely N-dealkylation sites (N-methyl/N-ethyl adjacent to an activating group) is 1. The van der Waals surface area contributed by atoms with Crippen molar-refractivity contribution in [2.75, 3.05) is 24.2 Å². The Bertz CT molecular complexity index is 348. The first kappa shape index (κ1) is 12.3. The number of aromatic nitrogens is 1. The van der Waals surface area contributed by atoms with Crippen LogP contribution in [-0.2, 0) is 4.79 Å². The molecule has 5 heteroatoms. The molecule has 0 radical (unpaired) electrons. The smallest absolute Gasteiger partial charge is 0.239 e. The minimum Gasteiger partial charge on any atom is -0.384 e. The Morgan fingerprint density at radius 3 is 2.75 bits per heavy atom. The molecule has 1 heterocycles. The van der Waals surface area contributed by atoms with Gasteiger partial charge in [-0.3, -0.25) is 4.79 Å². The zero-order valence-corrected chi connectivity index (χ0v) is 9.90. The maximum atomic E-state index is 11.5. The summed E-state index contributed by atoms with van der Waals surface area (Å²) in [4.78, 5) is 17.3. The molecule has 0 unspecified atom stereocenters. The Balaban J connectivity index is 2.55. The predicted molar refractivity (Wildman–Crippen MR) is 65.2 cm³/mol. The third-order valence-electron chi connectivity index (χ3n) is 2.04. The van der Waals surface area contributed by atoms with Gasteiger partial charge in [0.2, 0.25) is 5.91 Å². The van der Waals surface area contributed by atoms with E-state index < -0.39 is 0 Å². The van der Waals surface area contributed by atoms with Gasteiger partial charge in [0.05, 0.1) is 18.4 Å². The third kappa shape index (κ3) is 3.76. The summed E-state index contributed by atoms with van der Waals surface area (Å²) >= 11 is 0. The number of nitrogens with two attached hydrogens (primary N) is 1. The van der Waals surface area contributed by atoms with Crippen molar-refractivity contribution in [3.8, 4) is 0 Å². The van der Waals surface area contributed by atoms with Crippen molar-refractivity contribution in [2.45, 2.75) is 19.9 Å². The number of pyridine rings is 1. The van der Waals surface area contributed by atoms with Crippen molar-refractivity contribution >= 4 is 17.4 Å². The van der Waals surface area contributed by atoms with Gasteiger partial charge in [0, 0.05) is 13.1 Å². The SMILES string of the molecule is CC(C)NC(=O)CN(C)c1ccc(N)nc1. The van der Waals surface area contributed by atoms with E-state index in [1.54, 1.807) is 12.3 Å². The lowest BCUT2D eigenvalue weighted by Crippen LogP contribution is -2.38. The van der Waals surface area contributed by atoms with Gasteiger partial charge in [-0.15, -0.1) is 0 Å². The molecule has 0 saturated heterocycles. The van der Waals surface area contributed by atoms with E-state index in [0.29, 0.717) is 12.4 Å². The molecule has 16 heavy (non-hydrogen) atoms. The minimum absolute atomic E-state index is 0.00525. The molecule has 88 valence electrons. The lowest BCUT2D eigenvalue weighted by Gasteiger charge is -2.19. The summed E-state index contributed by atoms with van der Waals surface area (Å²) in [5.74, 6) is 0.470. The van der Waals surface area contributed by atoms with Crippen LogP contribution in [0.2, 0.25) is 0 Å². The molecule has 0 bridgehead atoms. The van der Waals surface area contributed by atoms with Gasteiger partial charge in [0.15, 0.2) is 0 Å². The predicted octanol–water partition coefficient (Wildman–Crippen LogP) is 0.625. The first-order valence-corrected chi connectivity index (χ1v) is 5.21. The summed E-state index contributed by atoms with van der Waals surface area (Å²) in [7, 11) is 1.84. The maximum Gasteiger partial charge on any atom is 0.239 e. The Morgan fingerprint density at radius 2 is 2.25 bits per heavy atom. The van der Waals surface area contributed by atoms with E-state index in [9.17, 15) is 4.79 Å². The zero-order chi connectivity index (χ0) is 12.1. The van der Waals surface area contributed by atoms with E-state index in [4.69, 9.17) is 5.73 Å². The van der Waals surface area contributed by atoms with E-state index in [0.717, 1.165) is 5.69 Å². The van der Waals surface area contributed by atoms with Crippen molar-refractivity contribution < 1.29 is 4.79 Å². The number of carbonyl (C=O) groups excluding carboxylic acids is 1.